The highest BCUT2D eigenvalue weighted by Crippen LogP contribution is 2.01. The highest BCUT2D eigenvalue weighted by Gasteiger charge is 1.98. The smallest absolute Gasteiger partial charge is 0.161 e. The predicted molar refractivity (Wildman–Crippen MR) is 42.2 cm³/mol. The van der Waals surface area contributed by atoms with Crippen LogP contribution in [0.3, 0.4) is 0 Å². The fourth-order valence-corrected chi connectivity index (χ4v) is 0.711. The Hall–Kier alpha value is -1.62. The Morgan fingerprint density at radius 1 is 1.64 bits per heavy atom. The molecule has 0 saturated heterocycles. The first kappa shape index (κ1) is 7.49. The molecule has 0 aliphatic rings. The minimum absolute atomic E-state index is 0.0189. The van der Waals surface area contributed by atoms with Gasteiger partial charge in [0, 0.05) is 23.5 Å². The molecule has 0 bridgehead atoms. The van der Waals surface area contributed by atoms with Gasteiger partial charge in [0.25, 0.3) is 0 Å². The molecule has 0 unspecified atom stereocenters. The van der Waals surface area contributed by atoms with E-state index in [1.807, 2.05) is 0 Å². The summed E-state index contributed by atoms with van der Waals surface area (Å²) in [5, 5.41) is 0. The number of terminal acetylenes is 1. The molecule has 0 aromatic carbocycles. The quantitative estimate of drug-likeness (QED) is 0.440. The lowest BCUT2D eigenvalue weighted by Crippen LogP contribution is -1.93. The van der Waals surface area contributed by atoms with Gasteiger partial charge in [0.05, 0.1) is 0 Å². The Labute approximate surface area is 65.3 Å². The lowest BCUT2D eigenvalue weighted by molar-refractivity contribution is 0.101. The number of aromatic nitrogens is 1. The van der Waals surface area contributed by atoms with Crippen molar-refractivity contribution in [2.24, 2.45) is 0 Å². The molecule has 0 aliphatic carbocycles. The van der Waals surface area contributed by atoms with Crippen molar-refractivity contribution in [1.82, 2.24) is 4.98 Å². The fourth-order valence-electron chi connectivity index (χ4n) is 0.711. The third-order valence-corrected chi connectivity index (χ3v) is 1.31. The van der Waals surface area contributed by atoms with Crippen molar-refractivity contribution in [3.63, 3.8) is 0 Å². The number of Topliss-reactive ketones (excluding diaryl/α,β-unsaturated/α-hetero) is 1. The molecule has 0 amide bonds. The van der Waals surface area contributed by atoms with Crippen LogP contribution in [0, 0.1) is 12.3 Å². The zero-order valence-corrected chi connectivity index (χ0v) is 6.16. The molecule has 2 heteroatoms. The first-order valence-corrected chi connectivity index (χ1v) is 3.16. The van der Waals surface area contributed by atoms with Gasteiger partial charge in [-0.2, -0.15) is 0 Å². The molecule has 1 heterocycles. The van der Waals surface area contributed by atoms with Crippen LogP contribution in [0.4, 0.5) is 0 Å². The van der Waals surface area contributed by atoms with E-state index in [0.29, 0.717) is 11.1 Å². The molecule has 11 heavy (non-hydrogen) atoms. The normalized spacial score (nSPS) is 8.73. The van der Waals surface area contributed by atoms with E-state index in [9.17, 15) is 4.79 Å². The van der Waals surface area contributed by atoms with E-state index in [1.165, 1.54) is 13.1 Å². The maximum Gasteiger partial charge on any atom is 0.161 e. The third kappa shape index (κ3) is 1.65. The summed E-state index contributed by atoms with van der Waals surface area (Å²) in [5.41, 5.74) is 1.19. The van der Waals surface area contributed by atoms with Crippen LogP contribution in [0.1, 0.15) is 22.8 Å². The maximum absolute atomic E-state index is 10.8. The average Bonchev–Trinajstić information content (AvgIpc) is 2.05. The van der Waals surface area contributed by atoms with E-state index in [4.69, 9.17) is 6.42 Å². The van der Waals surface area contributed by atoms with Gasteiger partial charge in [-0.25, -0.2) is 0 Å². The molecular weight excluding hydrogens is 138 g/mol. The number of hydrogen-bond donors (Lipinski definition) is 0. The molecule has 1 aromatic heterocycles. The molecule has 0 N–H and O–H groups in total. The summed E-state index contributed by atoms with van der Waals surface area (Å²) in [7, 11) is 0. The molecule has 0 aliphatic heterocycles. The average molecular weight is 145 g/mol. The number of ketones is 1. The van der Waals surface area contributed by atoms with Crippen LogP contribution in [0.25, 0.3) is 0 Å². The maximum atomic E-state index is 10.8. The van der Waals surface area contributed by atoms with E-state index < -0.39 is 0 Å². The minimum atomic E-state index is -0.0189. The summed E-state index contributed by atoms with van der Waals surface area (Å²) >= 11 is 0. The van der Waals surface area contributed by atoms with Crippen LogP contribution >= 0.6 is 0 Å². The Balaban J connectivity index is 3.13. The molecule has 0 saturated carbocycles. The molecular formula is C9H7NO. The summed E-state index contributed by atoms with van der Waals surface area (Å²) in [6, 6.07) is 1.65. The van der Waals surface area contributed by atoms with Gasteiger partial charge < -0.3 is 0 Å². The molecule has 54 valence electrons. The van der Waals surface area contributed by atoms with E-state index in [0.717, 1.165) is 0 Å². The summed E-state index contributed by atoms with van der Waals surface area (Å²) in [5.74, 6) is 2.39. The molecule has 1 rings (SSSR count). The molecule has 0 atom stereocenters. The number of pyridine rings is 1. The van der Waals surface area contributed by atoms with Crippen molar-refractivity contribution in [1.29, 1.82) is 0 Å². The van der Waals surface area contributed by atoms with E-state index in [1.54, 1.807) is 12.3 Å². The second-order valence-corrected chi connectivity index (χ2v) is 2.16. The van der Waals surface area contributed by atoms with Crippen LogP contribution in [-0.4, -0.2) is 10.8 Å². The number of hydrogen-bond acceptors (Lipinski definition) is 2. The summed E-state index contributed by atoms with van der Waals surface area (Å²) in [6.45, 7) is 1.48. The summed E-state index contributed by atoms with van der Waals surface area (Å²) in [6.07, 6.45) is 8.17. The van der Waals surface area contributed by atoms with Gasteiger partial charge in [-0.15, -0.1) is 6.42 Å². The second-order valence-electron chi connectivity index (χ2n) is 2.16. The number of carbonyl (C=O) groups excluding carboxylic acids is 1. The van der Waals surface area contributed by atoms with E-state index in [-0.39, 0.29) is 5.78 Å². The molecule has 1 aromatic rings. The standard InChI is InChI=1S/C9H7NO/c1-3-8-4-9(7(2)11)6-10-5-8/h1,4-6H,2H3. The molecule has 0 fully saturated rings. The first-order chi connectivity index (χ1) is 5.24. The Morgan fingerprint density at radius 2 is 2.36 bits per heavy atom. The molecule has 0 radical (unpaired) electrons. The van der Waals surface area contributed by atoms with Crippen LogP contribution in [0.15, 0.2) is 18.5 Å². The van der Waals surface area contributed by atoms with Gasteiger partial charge in [-0.05, 0) is 13.0 Å². The SMILES string of the molecule is C#Cc1cncc(C(C)=O)c1. The van der Waals surface area contributed by atoms with Crippen molar-refractivity contribution in [3.05, 3.63) is 29.6 Å². The van der Waals surface area contributed by atoms with Gasteiger partial charge in [0.15, 0.2) is 5.78 Å². The van der Waals surface area contributed by atoms with Crippen LogP contribution in [0.2, 0.25) is 0 Å². The van der Waals surface area contributed by atoms with Crippen molar-refractivity contribution in [2.45, 2.75) is 6.92 Å². The second kappa shape index (κ2) is 2.98. The Bertz CT molecular complexity index is 323. The van der Waals surface area contributed by atoms with Gasteiger partial charge in [-0.1, -0.05) is 5.92 Å². The largest absolute Gasteiger partial charge is 0.294 e. The number of rotatable bonds is 1. The monoisotopic (exact) mass is 145 g/mol. The first-order valence-electron chi connectivity index (χ1n) is 3.16. The van der Waals surface area contributed by atoms with Gasteiger partial charge in [0.2, 0.25) is 0 Å². The molecule has 2 nitrogen and oxygen atoms in total. The van der Waals surface area contributed by atoms with Crippen molar-refractivity contribution < 1.29 is 4.79 Å². The number of nitrogens with zero attached hydrogens (tertiary/aromatic N) is 1. The minimum Gasteiger partial charge on any atom is -0.294 e. The lowest BCUT2D eigenvalue weighted by atomic mass is 10.1. The zero-order chi connectivity index (χ0) is 8.27. The Morgan fingerprint density at radius 3 is 2.91 bits per heavy atom. The van der Waals surface area contributed by atoms with Gasteiger partial charge in [-0.3, -0.25) is 9.78 Å². The summed E-state index contributed by atoms with van der Waals surface area (Å²) < 4.78 is 0. The van der Waals surface area contributed by atoms with Gasteiger partial charge >= 0.3 is 0 Å². The zero-order valence-electron chi connectivity index (χ0n) is 6.16. The van der Waals surface area contributed by atoms with E-state index >= 15 is 0 Å². The highest BCUT2D eigenvalue weighted by molar-refractivity contribution is 5.93. The van der Waals surface area contributed by atoms with Crippen molar-refractivity contribution in [2.75, 3.05) is 0 Å². The molecule has 0 spiro atoms. The predicted octanol–water partition coefficient (Wildman–Crippen LogP) is 1.27. The Kier molecular flexibility index (Phi) is 2.03. The van der Waals surface area contributed by atoms with E-state index in [2.05, 4.69) is 10.9 Å². The summed E-state index contributed by atoms with van der Waals surface area (Å²) in [4.78, 5) is 14.6. The third-order valence-electron chi connectivity index (χ3n) is 1.31. The lowest BCUT2D eigenvalue weighted by Gasteiger charge is -1.93. The van der Waals surface area contributed by atoms with Crippen molar-refractivity contribution >= 4 is 5.78 Å². The van der Waals surface area contributed by atoms with Crippen LogP contribution < -0.4 is 0 Å². The number of carbonyl (C=O) groups is 1. The van der Waals surface area contributed by atoms with Gasteiger partial charge in [0.1, 0.15) is 0 Å². The fraction of sp³-hybridized carbons (Fsp3) is 0.111. The van der Waals surface area contributed by atoms with Crippen LogP contribution in [-0.2, 0) is 0 Å². The highest BCUT2D eigenvalue weighted by atomic mass is 16.1. The van der Waals surface area contributed by atoms with Crippen molar-refractivity contribution in [3.8, 4) is 12.3 Å². The van der Waals surface area contributed by atoms with Crippen LogP contribution in [0.5, 0.6) is 0 Å². The topological polar surface area (TPSA) is 30.0 Å².